The molecule has 1 saturated heterocycles. The molecule has 2 rings (SSSR count). The maximum absolute atomic E-state index is 3.58. The Morgan fingerprint density at radius 1 is 1.32 bits per heavy atom. The molecule has 1 aliphatic heterocycles. The highest BCUT2D eigenvalue weighted by Crippen LogP contribution is 2.20. The summed E-state index contributed by atoms with van der Waals surface area (Å²) >= 11 is 0. The van der Waals surface area contributed by atoms with E-state index >= 15 is 0 Å². The van der Waals surface area contributed by atoms with Crippen molar-refractivity contribution in [1.82, 2.24) is 10.2 Å². The van der Waals surface area contributed by atoms with Gasteiger partial charge in [0, 0.05) is 19.1 Å². The topological polar surface area (TPSA) is 15.3 Å². The monoisotopic (exact) mass is 260 g/mol. The third kappa shape index (κ3) is 4.63. The Balaban J connectivity index is 1.78. The van der Waals surface area contributed by atoms with Gasteiger partial charge in [-0.3, -0.25) is 0 Å². The Kier molecular flexibility index (Phi) is 5.87. The summed E-state index contributed by atoms with van der Waals surface area (Å²) in [7, 11) is 0. The van der Waals surface area contributed by atoms with Gasteiger partial charge >= 0.3 is 0 Å². The zero-order chi connectivity index (χ0) is 13.5. The summed E-state index contributed by atoms with van der Waals surface area (Å²) in [5.74, 6) is 0.824. The van der Waals surface area contributed by atoms with Gasteiger partial charge in [0.25, 0.3) is 0 Å². The lowest BCUT2D eigenvalue weighted by Crippen LogP contribution is -2.44. The Labute approximate surface area is 118 Å². The molecule has 0 amide bonds. The molecule has 0 spiro atoms. The maximum atomic E-state index is 3.58. The standard InChI is InChI=1S/C17H28N2/c1-3-18-15(2)17-10-7-12-19(14-17)13-11-16-8-5-4-6-9-16/h4-6,8-9,15,17-18H,3,7,10-14H2,1-2H3. The minimum atomic E-state index is 0.657. The molecule has 19 heavy (non-hydrogen) atoms. The molecule has 106 valence electrons. The summed E-state index contributed by atoms with van der Waals surface area (Å²) in [6.07, 6.45) is 3.92. The second kappa shape index (κ2) is 7.66. The quantitative estimate of drug-likeness (QED) is 0.846. The summed E-state index contributed by atoms with van der Waals surface area (Å²) in [4.78, 5) is 2.65. The first kappa shape index (κ1) is 14.5. The van der Waals surface area contributed by atoms with Crippen LogP contribution in [-0.2, 0) is 6.42 Å². The summed E-state index contributed by atoms with van der Waals surface area (Å²) in [6.45, 7) is 9.38. The zero-order valence-electron chi connectivity index (χ0n) is 12.4. The van der Waals surface area contributed by atoms with Gasteiger partial charge in [0.1, 0.15) is 0 Å². The van der Waals surface area contributed by atoms with Crippen molar-refractivity contribution in [2.24, 2.45) is 5.92 Å². The van der Waals surface area contributed by atoms with Crippen molar-refractivity contribution in [1.29, 1.82) is 0 Å². The lowest BCUT2D eigenvalue weighted by molar-refractivity contribution is 0.153. The minimum Gasteiger partial charge on any atom is -0.314 e. The van der Waals surface area contributed by atoms with Crippen LogP contribution in [-0.4, -0.2) is 37.1 Å². The van der Waals surface area contributed by atoms with E-state index in [0.29, 0.717) is 6.04 Å². The van der Waals surface area contributed by atoms with Crippen molar-refractivity contribution in [2.45, 2.75) is 39.2 Å². The lowest BCUT2D eigenvalue weighted by atomic mass is 9.91. The Hall–Kier alpha value is -0.860. The second-order valence-corrected chi connectivity index (χ2v) is 5.78. The maximum Gasteiger partial charge on any atom is 0.00791 e. The number of nitrogens with zero attached hydrogens (tertiary/aromatic N) is 1. The van der Waals surface area contributed by atoms with Crippen molar-refractivity contribution in [2.75, 3.05) is 26.2 Å². The molecule has 1 heterocycles. The molecule has 0 bridgehead atoms. The Morgan fingerprint density at radius 2 is 2.11 bits per heavy atom. The Morgan fingerprint density at radius 3 is 2.84 bits per heavy atom. The number of rotatable bonds is 6. The van der Waals surface area contributed by atoms with E-state index in [1.807, 2.05) is 0 Å². The summed E-state index contributed by atoms with van der Waals surface area (Å²) in [5.41, 5.74) is 1.46. The molecule has 2 unspecified atom stereocenters. The predicted octanol–water partition coefficient (Wildman–Crippen LogP) is 2.94. The summed E-state index contributed by atoms with van der Waals surface area (Å²) in [5, 5.41) is 3.58. The molecule has 2 nitrogen and oxygen atoms in total. The molecular weight excluding hydrogens is 232 g/mol. The number of piperidine rings is 1. The smallest absolute Gasteiger partial charge is 0.00791 e. The first-order chi connectivity index (χ1) is 9.29. The third-order valence-corrected chi connectivity index (χ3v) is 4.33. The first-order valence-corrected chi connectivity index (χ1v) is 7.79. The SMILES string of the molecule is CCNC(C)C1CCCN(CCc2ccccc2)C1. The molecule has 1 aromatic carbocycles. The van der Waals surface area contributed by atoms with Crippen LogP contribution in [0.5, 0.6) is 0 Å². The van der Waals surface area contributed by atoms with Crippen molar-refractivity contribution in [3.05, 3.63) is 35.9 Å². The van der Waals surface area contributed by atoms with Crippen LogP contribution in [0, 0.1) is 5.92 Å². The van der Waals surface area contributed by atoms with Crippen molar-refractivity contribution < 1.29 is 0 Å². The van der Waals surface area contributed by atoms with E-state index in [2.05, 4.69) is 54.4 Å². The highest BCUT2D eigenvalue weighted by molar-refractivity contribution is 5.14. The fraction of sp³-hybridized carbons (Fsp3) is 0.647. The van der Waals surface area contributed by atoms with Gasteiger partial charge in [0.15, 0.2) is 0 Å². The largest absolute Gasteiger partial charge is 0.314 e. The molecule has 1 N–H and O–H groups in total. The van der Waals surface area contributed by atoms with Gasteiger partial charge in [0.2, 0.25) is 0 Å². The van der Waals surface area contributed by atoms with Crippen LogP contribution in [0.2, 0.25) is 0 Å². The van der Waals surface area contributed by atoms with E-state index in [9.17, 15) is 0 Å². The molecule has 0 saturated carbocycles. The predicted molar refractivity (Wildman–Crippen MR) is 82.4 cm³/mol. The van der Waals surface area contributed by atoms with Crippen LogP contribution in [0.15, 0.2) is 30.3 Å². The zero-order valence-corrected chi connectivity index (χ0v) is 12.4. The van der Waals surface area contributed by atoms with Crippen molar-refractivity contribution >= 4 is 0 Å². The van der Waals surface area contributed by atoms with E-state index in [1.165, 1.54) is 44.5 Å². The summed E-state index contributed by atoms with van der Waals surface area (Å²) in [6, 6.07) is 11.5. The molecule has 2 heteroatoms. The minimum absolute atomic E-state index is 0.657. The Bertz CT molecular complexity index is 350. The first-order valence-electron chi connectivity index (χ1n) is 7.79. The second-order valence-electron chi connectivity index (χ2n) is 5.78. The molecule has 1 aromatic rings. The van der Waals surface area contributed by atoms with Crippen LogP contribution in [0.3, 0.4) is 0 Å². The molecule has 1 aliphatic rings. The van der Waals surface area contributed by atoms with Crippen LogP contribution in [0.1, 0.15) is 32.3 Å². The highest BCUT2D eigenvalue weighted by Gasteiger charge is 2.23. The summed E-state index contributed by atoms with van der Waals surface area (Å²) < 4.78 is 0. The normalized spacial score (nSPS) is 22.3. The van der Waals surface area contributed by atoms with Gasteiger partial charge < -0.3 is 10.2 Å². The van der Waals surface area contributed by atoms with E-state index in [1.54, 1.807) is 0 Å². The molecule has 1 fully saturated rings. The average molecular weight is 260 g/mol. The molecular formula is C17H28N2. The number of hydrogen-bond acceptors (Lipinski definition) is 2. The lowest BCUT2D eigenvalue weighted by Gasteiger charge is -2.36. The van der Waals surface area contributed by atoms with Crippen LogP contribution >= 0.6 is 0 Å². The van der Waals surface area contributed by atoms with Gasteiger partial charge in [-0.05, 0) is 50.8 Å². The van der Waals surface area contributed by atoms with E-state index in [-0.39, 0.29) is 0 Å². The average Bonchev–Trinajstić information content (AvgIpc) is 2.47. The van der Waals surface area contributed by atoms with Crippen molar-refractivity contribution in [3.8, 4) is 0 Å². The number of nitrogens with one attached hydrogen (secondary N) is 1. The van der Waals surface area contributed by atoms with Gasteiger partial charge in [-0.25, -0.2) is 0 Å². The molecule has 0 aromatic heterocycles. The van der Waals surface area contributed by atoms with Crippen molar-refractivity contribution in [3.63, 3.8) is 0 Å². The van der Waals surface area contributed by atoms with Gasteiger partial charge in [0.05, 0.1) is 0 Å². The molecule has 0 radical (unpaired) electrons. The third-order valence-electron chi connectivity index (χ3n) is 4.33. The molecule has 0 aliphatic carbocycles. The van der Waals surface area contributed by atoms with Gasteiger partial charge in [-0.1, -0.05) is 37.3 Å². The van der Waals surface area contributed by atoms with E-state index in [0.717, 1.165) is 12.5 Å². The number of likely N-dealkylation sites (tertiary alicyclic amines) is 1. The highest BCUT2D eigenvalue weighted by atomic mass is 15.1. The fourth-order valence-corrected chi connectivity index (χ4v) is 3.12. The van der Waals surface area contributed by atoms with Crippen LogP contribution < -0.4 is 5.32 Å². The van der Waals surface area contributed by atoms with Gasteiger partial charge in [-0.15, -0.1) is 0 Å². The van der Waals surface area contributed by atoms with Gasteiger partial charge in [-0.2, -0.15) is 0 Å². The number of benzene rings is 1. The van der Waals surface area contributed by atoms with E-state index in [4.69, 9.17) is 0 Å². The van der Waals surface area contributed by atoms with Crippen LogP contribution in [0.4, 0.5) is 0 Å². The molecule has 2 atom stereocenters. The van der Waals surface area contributed by atoms with Crippen LogP contribution in [0.25, 0.3) is 0 Å². The van der Waals surface area contributed by atoms with E-state index < -0.39 is 0 Å². The fourth-order valence-electron chi connectivity index (χ4n) is 3.12. The number of hydrogen-bond donors (Lipinski definition) is 1.